The number of piperidine rings is 1. The van der Waals surface area contributed by atoms with E-state index in [1.165, 1.54) is 0 Å². The minimum atomic E-state index is 0.0643. The van der Waals surface area contributed by atoms with Gasteiger partial charge in [0.25, 0.3) is 0 Å². The van der Waals surface area contributed by atoms with E-state index in [9.17, 15) is 4.79 Å². The summed E-state index contributed by atoms with van der Waals surface area (Å²) >= 11 is 0. The molecule has 0 aliphatic carbocycles. The average molecular weight is 299 g/mol. The smallest absolute Gasteiger partial charge is 0.228 e. The second-order valence-electron chi connectivity index (χ2n) is 6.32. The predicted molar refractivity (Wildman–Crippen MR) is 83.6 cm³/mol. The van der Waals surface area contributed by atoms with E-state index < -0.39 is 0 Å². The number of fused-ring (bicyclic) bond motifs is 1. The molecule has 116 valence electrons. The Morgan fingerprint density at radius 1 is 1.32 bits per heavy atom. The van der Waals surface area contributed by atoms with Crippen molar-refractivity contribution < 1.29 is 9.53 Å². The second kappa shape index (κ2) is 5.72. The van der Waals surface area contributed by atoms with Crippen LogP contribution < -0.4 is 0 Å². The zero-order chi connectivity index (χ0) is 14.9. The number of nitrogens with zero attached hydrogens (tertiary/aromatic N) is 2. The van der Waals surface area contributed by atoms with E-state index in [1.807, 2.05) is 29.2 Å². The van der Waals surface area contributed by atoms with Gasteiger partial charge < -0.3 is 14.6 Å². The number of carbonyl (C=O) groups excluding carboxylic acids is 1. The fourth-order valence-corrected chi connectivity index (χ4v) is 3.55. The normalized spacial score (nSPS) is 25.7. The van der Waals surface area contributed by atoms with Gasteiger partial charge in [-0.25, -0.2) is 4.98 Å². The molecule has 0 spiro atoms. The molecule has 22 heavy (non-hydrogen) atoms. The number of aromatic nitrogens is 2. The van der Waals surface area contributed by atoms with Gasteiger partial charge in [0.2, 0.25) is 5.91 Å². The number of rotatable bonds is 2. The van der Waals surface area contributed by atoms with Crippen LogP contribution in [0.4, 0.5) is 0 Å². The molecule has 0 saturated carbocycles. The quantitative estimate of drug-likeness (QED) is 0.925. The molecular weight excluding hydrogens is 278 g/mol. The lowest BCUT2D eigenvalue weighted by molar-refractivity contribution is -0.136. The highest BCUT2D eigenvalue weighted by Gasteiger charge is 2.32. The summed E-state index contributed by atoms with van der Waals surface area (Å²) in [4.78, 5) is 22.7. The summed E-state index contributed by atoms with van der Waals surface area (Å²) in [5, 5.41) is 0. The highest BCUT2D eigenvalue weighted by Crippen LogP contribution is 2.28. The number of para-hydroxylation sites is 2. The van der Waals surface area contributed by atoms with Gasteiger partial charge >= 0.3 is 0 Å². The zero-order valence-corrected chi connectivity index (χ0v) is 12.6. The molecular formula is C17H21N3O2. The minimum Gasteiger partial charge on any atom is -0.381 e. The van der Waals surface area contributed by atoms with Crippen molar-refractivity contribution in [3.8, 4) is 0 Å². The van der Waals surface area contributed by atoms with E-state index in [-0.39, 0.29) is 11.8 Å². The van der Waals surface area contributed by atoms with Crippen LogP contribution in [0.25, 0.3) is 11.0 Å². The van der Waals surface area contributed by atoms with Crippen LogP contribution in [0.2, 0.25) is 0 Å². The van der Waals surface area contributed by atoms with Gasteiger partial charge in [-0.3, -0.25) is 4.79 Å². The molecule has 2 atom stereocenters. The summed E-state index contributed by atoms with van der Waals surface area (Å²) in [6.07, 6.45) is 3.00. The molecule has 1 amide bonds. The highest BCUT2D eigenvalue weighted by molar-refractivity contribution is 5.79. The molecule has 1 aromatic carbocycles. The third-order valence-corrected chi connectivity index (χ3v) is 4.81. The Balaban J connectivity index is 1.51. The van der Waals surface area contributed by atoms with Crippen LogP contribution in [-0.2, 0) is 9.53 Å². The number of hydrogen-bond acceptors (Lipinski definition) is 3. The fourth-order valence-electron chi connectivity index (χ4n) is 3.55. The van der Waals surface area contributed by atoms with Crippen molar-refractivity contribution >= 4 is 16.9 Å². The number of carbonyl (C=O) groups is 1. The van der Waals surface area contributed by atoms with Gasteiger partial charge in [0.15, 0.2) is 0 Å². The van der Waals surface area contributed by atoms with Gasteiger partial charge in [0.1, 0.15) is 5.82 Å². The summed E-state index contributed by atoms with van der Waals surface area (Å²) in [5.41, 5.74) is 2.08. The van der Waals surface area contributed by atoms with E-state index in [1.54, 1.807) is 0 Å². The van der Waals surface area contributed by atoms with Crippen LogP contribution in [0.1, 0.15) is 31.0 Å². The van der Waals surface area contributed by atoms with Crippen LogP contribution >= 0.6 is 0 Å². The first kappa shape index (κ1) is 13.8. The minimum absolute atomic E-state index is 0.0643. The lowest BCUT2D eigenvalue weighted by atomic mass is 9.95. The van der Waals surface area contributed by atoms with E-state index in [0.717, 1.165) is 55.8 Å². The van der Waals surface area contributed by atoms with Gasteiger partial charge in [-0.2, -0.15) is 0 Å². The standard InChI is InChI=1S/C17H21N3O2/c21-17(13-7-9-22-11-13)20-8-3-4-12(10-20)16-18-14-5-1-2-6-15(14)19-16/h1-2,5-6,12-13H,3-4,7-11H2,(H,18,19)/t12-,13+/m0/s1. The van der Waals surface area contributed by atoms with Crippen molar-refractivity contribution in [3.05, 3.63) is 30.1 Å². The number of aromatic amines is 1. The second-order valence-corrected chi connectivity index (χ2v) is 6.32. The van der Waals surface area contributed by atoms with Crippen molar-refractivity contribution in [1.82, 2.24) is 14.9 Å². The topological polar surface area (TPSA) is 58.2 Å². The van der Waals surface area contributed by atoms with Crippen molar-refractivity contribution in [3.63, 3.8) is 0 Å². The maximum atomic E-state index is 12.6. The number of nitrogens with one attached hydrogen (secondary N) is 1. The summed E-state index contributed by atoms with van der Waals surface area (Å²) < 4.78 is 5.35. The average Bonchev–Trinajstić information content (AvgIpc) is 3.23. The first-order valence-corrected chi connectivity index (χ1v) is 8.12. The summed E-state index contributed by atoms with van der Waals surface area (Å²) in [6.45, 7) is 2.95. The maximum Gasteiger partial charge on any atom is 0.228 e. The Labute approximate surface area is 129 Å². The summed E-state index contributed by atoms with van der Waals surface area (Å²) in [6, 6.07) is 8.09. The molecule has 5 nitrogen and oxygen atoms in total. The van der Waals surface area contributed by atoms with E-state index in [4.69, 9.17) is 9.72 Å². The number of hydrogen-bond donors (Lipinski definition) is 1. The van der Waals surface area contributed by atoms with Gasteiger partial charge in [-0.1, -0.05) is 12.1 Å². The van der Waals surface area contributed by atoms with E-state index in [0.29, 0.717) is 12.5 Å². The summed E-state index contributed by atoms with van der Waals surface area (Å²) in [7, 11) is 0. The lowest BCUT2D eigenvalue weighted by Crippen LogP contribution is -2.42. The maximum absolute atomic E-state index is 12.6. The molecule has 3 heterocycles. The molecule has 4 rings (SSSR count). The monoisotopic (exact) mass is 299 g/mol. The van der Waals surface area contributed by atoms with Crippen LogP contribution in [0.15, 0.2) is 24.3 Å². The molecule has 1 N–H and O–H groups in total. The molecule has 0 bridgehead atoms. The molecule has 2 saturated heterocycles. The predicted octanol–water partition coefficient (Wildman–Crippen LogP) is 2.31. The largest absolute Gasteiger partial charge is 0.381 e. The number of amides is 1. The Kier molecular flexibility index (Phi) is 3.58. The fraction of sp³-hybridized carbons (Fsp3) is 0.529. The molecule has 1 aromatic heterocycles. The van der Waals surface area contributed by atoms with Crippen LogP contribution in [0.5, 0.6) is 0 Å². The Morgan fingerprint density at radius 2 is 2.23 bits per heavy atom. The van der Waals surface area contributed by atoms with E-state index >= 15 is 0 Å². The van der Waals surface area contributed by atoms with Crippen molar-refractivity contribution in [2.24, 2.45) is 5.92 Å². The number of ether oxygens (including phenoxy) is 1. The molecule has 2 fully saturated rings. The van der Waals surface area contributed by atoms with Gasteiger partial charge in [-0.05, 0) is 31.4 Å². The molecule has 2 aliphatic rings. The van der Waals surface area contributed by atoms with E-state index in [2.05, 4.69) is 4.98 Å². The number of imidazole rings is 1. The van der Waals surface area contributed by atoms with Crippen LogP contribution in [0.3, 0.4) is 0 Å². The molecule has 5 heteroatoms. The van der Waals surface area contributed by atoms with Gasteiger partial charge in [0, 0.05) is 25.6 Å². The number of likely N-dealkylation sites (tertiary alicyclic amines) is 1. The van der Waals surface area contributed by atoms with Crippen molar-refractivity contribution in [1.29, 1.82) is 0 Å². The SMILES string of the molecule is O=C([C@@H]1CCOC1)N1CCC[C@H](c2nc3ccccc3[nH]2)C1. The molecule has 2 aliphatic heterocycles. The third-order valence-electron chi connectivity index (χ3n) is 4.81. The van der Waals surface area contributed by atoms with Crippen LogP contribution in [0, 0.1) is 5.92 Å². The van der Waals surface area contributed by atoms with Crippen molar-refractivity contribution in [2.45, 2.75) is 25.2 Å². The molecule has 2 aromatic rings. The Morgan fingerprint density at radius 3 is 3.05 bits per heavy atom. The number of benzene rings is 1. The summed E-state index contributed by atoms with van der Waals surface area (Å²) in [5.74, 6) is 1.65. The van der Waals surface area contributed by atoms with Gasteiger partial charge in [0.05, 0.1) is 23.6 Å². The zero-order valence-electron chi connectivity index (χ0n) is 12.6. The first-order valence-electron chi connectivity index (χ1n) is 8.12. The van der Waals surface area contributed by atoms with Crippen LogP contribution in [-0.4, -0.2) is 47.1 Å². The molecule has 0 unspecified atom stereocenters. The Bertz CT molecular complexity index is 642. The highest BCUT2D eigenvalue weighted by atomic mass is 16.5. The Hall–Kier alpha value is -1.88. The first-order chi connectivity index (χ1) is 10.8. The third kappa shape index (κ3) is 2.50. The van der Waals surface area contributed by atoms with Gasteiger partial charge in [-0.15, -0.1) is 0 Å². The molecule has 0 radical (unpaired) electrons. The lowest BCUT2D eigenvalue weighted by Gasteiger charge is -2.33. The number of H-pyrrole nitrogens is 1. The van der Waals surface area contributed by atoms with Crippen molar-refractivity contribution in [2.75, 3.05) is 26.3 Å².